The van der Waals surface area contributed by atoms with Gasteiger partial charge >= 0.3 is 6.61 Å². The first kappa shape index (κ1) is 21.8. The molecule has 7 nitrogen and oxygen atoms in total. The van der Waals surface area contributed by atoms with E-state index in [1.54, 1.807) is 24.4 Å². The summed E-state index contributed by atoms with van der Waals surface area (Å²) in [6.07, 6.45) is 2.31. The number of benzene rings is 1. The summed E-state index contributed by atoms with van der Waals surface area (Å²) in [5, 5.41) is 2.61. The molecule has 1 unspecified atom stereocenters. The van der Waals surface area contributed by atoms with Gasteiger partial charge in [-0.25, -0.2) is 4.98 Å². The summed E-state index contributed by atoms with van der Waals surface area (Å²) in [5.74, 6) is 0.576. The van der Waals surface area contributed by atoms with E-state index in [2.05, 4.69) is 10.3 Å². The quantitative estimate of drug-likeness (QED) is 0.670. The van der Waals surface area contributed by atoms with Crippen LogP contribution in [0.5, 0.6) is 17.2 Å². The third-order valence-corrected chi connectivity index (χ3v) is 4.46. The number of carbonyl (C=O) groups excluding carboxylic acids is 1. The van der Waals surface area contributed by atoms with E-state index in [0.29, 0.717) is 22.9 Å². The minimum Gasteiger partial charge on any atom is -0.488 e. The molecule has 0 bridgehead atoms. The number of anilines is 1. The van der Waals surface area contributed by atoms with E-state index in [4.69, 9.17) is 19.9 Å². The van der Waals surface area contributed by atoms with E-state index in [0.717, 1.165) is 12.0 Å². The topological polar surface area (TPSA) is 95.7 Å². The standard InChI is InChI=1S/C21H25F2N3O4/c1-11(2)6-14(24)10-28-17-5-4-15-16-7-18(26-12(3)27)25-8-13(16)9-29-19(15)20(17)30-21(22)23/h4-5,7-8,11,14,21H,6,9-10,24H2,1-3H3,(H,25,26,27). The highest BCUT2D eigenvalue weighted by molar-refractivity contribution is 5.89. The van der Waals surface area contributed by atoms with Crippen LogP contribution in [0.4, 0.5) is 14.6 Å². The number of carbonyl (C=O) groups is 1. The summed E-state index contributed by atoms with van der Waals surface area (Å²) < 4.78 is 42.4. The fourth-order valence-corrected chi connectivity index (χ4v) is 3.33. The van der Waals surface area contributed by atoms with Crippen LogP contribution in [-0.4, -0.2) is 30.2 Å². The van der Waals surface area contributed by atoms with Crippen LogP contribution in [0.1, 0.15) is 32.8 Å². The molecule has 0 radical (unpaired) electrons. The van der Waals surface area contributed by atoms with Crippen LogP contribution in [0.3, 0.4) is 0 Å². The van der Waals surface area contributed by atoms with Gasteiger partial charge in [0.1, 0.15) is 19.0 Å². The van der Waals surface area contributed by atoms with Crippen molar-refractivity contribution in [2.24, 2.45) is 11.7 Å². The Balaban J connectivity index is 1.96. The van der Waals surface area contributed by atoms with Gasteiger partial charge in [0.2, 0.25) is 11.7 Å². The Bertz CT molecular complexity index is 921. The highest BCUT2D eigenvalue weighted by atomic mass is 19.3. The van der Waals surface area contributed by atoms with Crippen molar-refractivity contribution in [3.05, 3.63) is 30.0 Å². The number of ether oxygens (including phenoxy) is 3. The molecule has 0 aliphatic carbocycles. The van der Waals surface area contributed by atoms with Crippen molar-refractivity contribution in [3.63, 3.8) is 0 Å². The van der Waals surface area contributed by atoms with Crippen molar-refractivity contribution in [2.75, 3.05) is 11.9 Å². The molecule has 2 heterocycles. The van der Waals surface area contributed by atoms with Crippen molar-refractivity contribution in [2.45, 2.75) is 46.5 Å². The average molecular weight is 421 g/mol. The molecule has 0 fully saturated rings. The molecule has 162 valence electrons. The third kappa shape index (κ3) is 5.15. The Morgan fingerprint density at radius 2 is 2.10 bits per heavy atom. The van der Waals surface area contributed by atoms with Gasteiger partial charge in [-0.15, -0.1) is 0 Å². The molecule has 2 aromatic rings. The fraction of sp³-hybridized carbons (Fsp3) is 0.429. The second kappa shape index (κ2) is 9.25. The SMILES string of the molecule is CC(=O)Nc1cc2c(cn1)COc1c-2ccc(OCC(N)CC(C)C)c1OC(F)F. The molecule has 1 atom stereocenters. The molecule has 30 heavy (non-hydrogen) atoms. The molecule has 1 aliphatic rings. The van der Waals surface area contributed by atoms with Gasteiger partial charge in [-0.2, -0.15) is 8.78 Å². The van der Waals surface area contributed by atoms with Gasteiger partial charge in [-0.3, -0.25) is 4.79 Å². The van der Waals surface area contributed by atoms with Gasteiger partial charge in [0.15, 0.2) is 11.5 Å². The maximum Gasteiger partial charge on any atom is 0.387 e. The monoisotopic (exact) mass is 421 g/mol. The van der Waals surface area contributed by atoms with Crippen molar-refractivity contribution >= 4 is 11.7 Å². The first-order chi connectivity index (χ1) is 14.2. The van der Waals surface area contributed by atoms with Crippen molar-refractivity contribution in [3.8, 4) is 28.4 Å². The number of pyridine rings is 1. The molecule has 1 aromatic heterocycles. The Morgan fingerprint density at radius 1 is 1.33 bits per heavy atom. The van der Waals surface area contributed by atoms with Crippen LogP contribution in [0.2, 0.25) is 0 Å². The number of aromatic nitrogens is 1. The number of alkyl halides is 2. The number of nitrogens with zero attached hydrogens (tertiary/aromatic N) is 1. The summed E-state index contributed by atoms with van der Waals surface area (Å²) in [6, 6.07) is 4.68. The van der Waals surface area contributed by atoms with Crippen LogP contribution in [0.25, 0.3) is 11.1 Å². The lowest BCUT2D eigenvalue weighted by Gasteiger charge is -2.25. The molecule has 0 saturated heterocycles. The van der Waals surface area contributed by atoms with Gasteiger partial charge in [-0.1, -0.05) is 13.8 Å². The van der Waals surface area contributed by atoms with Gasteiger partial charge in [0, 0.05) is 30.3 Å². The van der Waals surface area contributed by atoms with E-state index in [-0.39, 0.29) is 42.4 Å². The molecule has 9 heteroatoms. The van der Waals surface area contributed by atoms with E-state index in [1.165, 1.54) is 6.92 Å². The molecule has 1 aromatic carbocycles. The minimum absolute atomic E-state index is 0.117. The third-order valence-electron chi connectivity index (χ3n) is 4.46. The van der Waals surface area contributed by atoms with Crippen LogP contribution in [-0.2, 0) is 11.4 Å². The zero-order valence-electron chi connectivity index (χ0n) is 17.1. The Kier molecular flexibility index (Phi) is 6.71. The Labute approximate surface area is 173 Å². The largest absolute Gasteiger partial charge is 0.488 e. The number of amides is 1. The second-order valence-corrected chi connectivity index (χ2v) is 7.55. The predicted molar refractivity (Wildman–Crippen MR) is 108 cm³/mol. The maximum atomic E-state index is 13.1. The van der Waals surface area contributed by atoms with Crippen LogP contribution >= 0.6 is 0 Å². The lowest BCUT2D eigenvalue weighted by atomic mass is 9.98. The molecule has 1 amide bonds. The zero-order chi connectivity index (χ0) is 21.8. The average Bonchev–Trinajstić information content (AvgIpc) is 2.65. The summed E-state index contributed by atoms with van der Waals surface area (Å²) in [7, 11) is 0. The molecule has 0 saturated carbocycles. The predicted octanol–water partition coefficient (Wildman–Crippen LogP) is 3.95. The molecule has 1 aliphatic heterocycles. The molecular weight excluding hydrogens is 396 g/mol. The van der Waals surface area contributed by atoms with E-state index in [1.807, 2.05) is 13.8 Å². The Hall–Kier alpha value is -2.94. The highest BCUT2D eigenvalue weighted by Crippen LogP contribution is 2.49. The number of nitrogens with two attached hydrogens (primary N) is 1. The molecular formula is C21H25F2N3O4. The lowest BCUT2D eigenvalue weighted by Crippen LogP contribution is -2.29. The zero-order valence-corrected chi connectivity index (χ0v) is 17.1. The number of nitrogens with one attached hydrogen (secondary N) is 1. The van der Waals surface area contributed by atoms with Gasteiger partial charge in [0.05, 0.1) is 0 Å². The summed E-state index contributed by atoms with van der Waals surface area (Å²) in [6.45, 7) is 2.68. The number of fused-ring (bicyclic) bond motifs is 3. The second-order valence-electron chi connectivity index (χ2n) is 7.55. The normalized spacial score (nSPS) is 13.3. The van der Waals surface area contributed by atoms with Gasteiger partial charge < -0.3 is 25.3 Å². The maximum absolute atomic E-state index is 13.1. The molecule has 0 spiro atoms. The summed E-state index contributed by atoms with van der Waals surface area (Å²) >= 11 is 0. The fourth-order valence-electron chi connectivity index (χ4n) is 3.33. The van der Waals surface area contributed by atoms with E-state index in [9.17, 15) is 13.6 Å². The first-order valence-electron chi connectivity index (χ1n) is 9.64. The van der Waals surface area contributed by atoms with Crippen LogP contribution < -0.4 is 25.3 Å². The van der Waals surface area contributed by atoms with Crippen LogP contribution in [0, 0.1) is 5.92 Å². The van der Waals surface area contributed by atoms with E-state index >= 15 is 0 Å². The molecule has 3 N–H and O–H groups in total. The smallest absolute Gasteiger partial charge is 0.387 e. The molecule has 3 rings (SSSR count). The lowest BCUT2D eigenvalue weighted by molar-refractivity contribution is -0.114. The number of halogens is 2. The van der Waals surface area contributed by atoms with E-state index < -0.39 is 6.61 Å². The van der Waals surface area contributed by atoms with Gasteiger partial charge in [-0.05, 0) is 36.1 Å². The van der Waals surface area contributed by atoms with Crippen molar-refractivity contribution in [1.29, 1.82) is 0 Å². The van der Waals surface area contributed by atoms with Gasteiger partial charge in [0.25, 0.3) is 0 Å². The minimum atomic E-state index is -3.06. The summed E-state index contributed by atoms with van der Waals surface area (Å²) in [4.78, 5) is 15.5. The highest BCUT2D eigenvalue weighted by Gasteiger charge is 2.27. The first-order valence-corrected chi connectivity index (χ1v) is 9.64. The van der Waals surface area contributed by atoms with Crippen LogP contribution in [0.15, 0.2) is 24.4 Å². The number of rotatable bonds is 8. The number of hydrogen-bond donors (Lipinski definition) is 2. The van der Waals surface area contributed by atoms with Crippen molar-refractivity contribution in [1.82, 2.24) is 4.98 Å². The number of hydrogen-bond acceptors (Lipinski definition) is 6. The van der Waals surface area contributed by atoms with Crippen molar-refractivity contribution < 1.29 is 27.8 Å². The Morgan fingerprint density at radius 3 is 2.77 bits per heavy atom. The summed E-state index contributed by atoms with van der Waals surface area (Å²) in [5.41, 5.74) is 8.05.